The Morgan fingerprint density at radius 3 is 2.85 bits per heavy atom. The van der Waals surface area contributed by atoms with E-state index < -0.39 is 6.10 Å². The van der Waals surface area contributed by atoms with Gasteiger partial charge >= 0.3 is 0 Å². The van der Waals surface area contributed by atoms with Crippen LogP contribution in [0.25, 0.3) is 0 Å². The number of H-pyrrole nitrogens is 1. The minimum Gasteiger partial charge on any atom is -0.390 e. The largest absolute Gasteiger partial charge is 0.390 e. The molecule has 0 aromatic carbocycles. The third-order valence-electron chi connectivity index (χ3n) is 1.46. The fourth-order valence-corrected chi connectivity index (χ4v) is 1.06. The van der Waals surface area contributed by atoms with Gasteiger partial charge < -0.3 is 5.11 Å². The number of aliphatic hydroxyl groups excluding tert-OH is 1. The van der Waals surface area contributed by atoms with Crippen molar-refractivity contribution in [2.24, 2.45) is 0 Å². The first-order valence-corrected chi connectivity index (χ1v) is 4.80. The average molecular weight is 249 g/mol. The summed E-state index contributed by atoms with van der Waals surface area (Å²) >= 11 is 3.06. The Hall–Kier alpha value is -0.880. The summed E-state index contributed by atoms with van der Waals surface area (Å²) in [6.07, 6.45) is -0.684. The van der Waals surface area contributed by atoms with Crippen molar-refractivity contribution < 1.29 is 5.11 Å². The number of nitrogens with one attached hydrogen (secondary N) is 1. The van der Waals surface area contributed by atoms with E-state index in [1.54, 1.807) is 0 Å². The number of hydrogen-bond acceptors (Lipinski definition) is 3. The molecule has 1 rings (SSSR count). The van der Waals surface area contributed by atoms with E-state index >= 15 is 0 Å². The second-order valence-electron chi connectivity index (χ2n) is 2.57. The SMILES string of the molecule is O=c1ccc(=O)n(CC(O)CBr)[nH]1. The zero-order valence-electron chi connectivity index (χ0n) is 6.74. The predicted molar refractivity (Wildman–Crippen MR) is 51.1 cm³/mol. The molecule has 72 valence electrons. The molecule has 0 bridgehead atoms. The summed E-state index contributed by atoms with van der Waals surface area (Å²) in [6.45, 7) is 0.0835. The highest BCUT2D eigenvalue weighted by molar-refractivity contribution is 9.09. The number of aliphatic hydroxyl groups is 1. The summed E-state index contributed by atoms with van der Waals surface area (Å²) in [5.41, 5.74) is -0.694. The van der Waals surface area contributed by atoms with Crippen LogP contribution in [0.2, 0.25) is 0 Å². The minimum atomic E-state index is -0.684. The number of nitrogens with zero attached hydrogens (tertiary/aromatic N) is 1. The predicted octanol–water partition coefficient (Wildman–Crippen LogP) is -0.708. The Balaban J connectivity index is 2.94. The third-order valence-corrected chi connectivity index (χ3v) is 2.21. The number of hydrogen-bond donors (Lipinski definition) is 2. The summed E-state index contributed by atoms with van der Waals surface area (Å²) in [7, 11) is 0. The van der Waals surface area contributed by atoms with Crippen LogP contribution >= 0.6 is 15.9 Å². The van der Waals surface area contributed by atoms with E-state index in [0.717, 1.165) is 10.7 Å². The summed E-state index contributed by atoms with van der Waals surface area (Å²) in [6, 6.07) is 2.32. The molecule has 1 atom stereocenters. The molecule has 0 fully saturated rings. The first-order chi connectivity index (χ1) is 6.13. The van der Waals surface area contributed by atoms with Crippen molar-refractivity contribution in [1.82, 2.24) is 9.78 Å². The normalized spacial score (nSPS) is 12.8. The molecule has 0 radical (unpaired) electrons. The van der Waals surface area contributed by atoms with Crippen LogP contribution in [0.4, 0.5) is 0 Å². The summed E-state index contributed by atoms with van der Waals surface area (Å²) in [4.78, 5) is 21.9. The smallest absolute Gasteiger partial charge is 0.265 e. The molecule has 13 heavy (non-hydrogen) atoms. The van der Waals surface area contributed by atoms with Gasteiger partial charge in [0.2, 0.25) is 0 Å². The molecule has 0 spiro atoms. The van der Waals surface area contributed by atoms with Gasteiger partial charge in [0.15, 0.2) is 0 Å². The summed E-state index contributed by atoms with van der Waals surface area (Å²) < 4.78 is 1.08. The zero-order valence-corrected chi connectivity index (χ0v) is 8.32. The standard InChI is InChI=1S/C7H9BrN2O3/c8-3-5(11)4-10-7(13)2-1-6(12)9-10/h1-2,5,11H,3-4H2,(H,9,12). The van der Waals surface area contributed by atoms with Crippen molar-refractivity contribution in [3.8, 4) is 0 Å². The third kappa shape index (κ3) is 2.82. The molecule has 0 aliphatic rings. The van der Waals surface area contributed by atoms with Crippen LogP contribution < -0.4 is 11.1 Å². The summed E-state index contributed by atoms with van der Waals surface area (Å²) in [5.74, 6) is 0. The van der Waals surface area contributed by atoms with Gasteiger partial charge in [-0.2, -0.15) is 0 Å². The molecular weight excluding hydrogens is 240 g/mol. The quantitative estimate of drug-likeness (QED) is 0.695. The van der Waals surface area contributed by atoms with Gasteiger partial charge in [-0.3, -0.25) is 14.7 Å². The van der Waals surface area contributed by atoms with E-state index in [1.165, 1.54) is 6.07 Å². The van der Waals surface area contributed by atoms with Crippen LogP contribution in [0.15, 0.2) is 21.7 Å². The molecule has 0 saturated heterocycles. The van der Waals surface area contributed by atoms with Gasteiger partial charge in [-0.05, 0) is 0 Å². The molecule has 0 aliphatic heterocycles. The van der Waals surface area contributed by atoms with Crippen molar-refractivity contribution in [3.63, 3.8) is 0 Å². The Labute approximate surface area is 82.1 Å². The molecule has 1 aromatic rings. The van der Waals surface area contributed by atoms with Crippen LogP contribution in [0, 0.1) is 0 Å². The Morgan fingerprint density at radius 2 is 2.23 bits per heavy atom. The van der Waals surface area contributed by atoms with E-state index in [2.05, 4.69) is 21.0 Å². The Bertz CT molecular complexity index is 384. The van der Waals surface area contributed by atoms with Gasteiger partial charge in [-0.25, -0.2) is 4.68 Å². The average Bonchev–Trinajstić information content (AvgIpc) is 2.11. The maximum absolute atomic E-state index is 11.1. The number of aromatic nitrogens is 2. The monoisotopic (exact) mass is 248 g/mol. The van der Waals surface area contributed by atoms with Crippen LogP contribution in [0.5, 0.6) is 0 Å². The van der Waals surface area contributed by atoms with Gasteiger partial charge in [-0.15, -0.1) is 0 Å². The van der Waals surface area contributed by atoms with Gasteiger partial charge in [0.1, 0.15) is 0 Å². The van der Waals surface area contributed by atoms with E-state index in [1.807, 2.05) is 0 Å². The zero-order chi connectivity index (χ0) is 9.84. The van der Waals surface area contributed by atoms with Gasteiger partial charge in [0.05, 0.1) is 12.6 Å². The lowest BCUT2D eigenvalue weighted by Crippen LogP contribution is -2.32. The molecule has 2 N–H and O–H groups in total. The second-order valence-corrected chi connectivity index (χ2v) is 3.21. The Kier molecular flexibility index (Phi) is 3.44. The second kappa shape index (κ2) is 4.38. The number of halogens is 1. The molecule has 5 nitrogen and oxygen atoms in total. The lowest BCUT2D eigenvalue weighted by molar-refractivity contribution is 0.171. The topological polar surface area (TPSA) is 75.1 Å². The summed E-state index contributed by atoms with van der Waals surface area (Å²) in [5, 5.41) is 11.9. The highest BCUT2D eigenvalue weighted by Crippen LogP contribution is 1.91. The van der Waals surface area contributed by atoms with E-state index in [4.69, 9.17) is 0 Å². The van der Waals surface area contributed by atoms with Crippen molar-refractivity contribution in [3.05, 3.63) is 32.8 Å². The first-order valence-electron chi connectivity index (χ1n) is 3.67. The fourth-order valence-electron chi connectivity index (χ4n) is 0.857. The maximum Gasteiger partial charge on any atom is 0.265 e. The highest BCUT2D eigenvalue weighted by atomic mass is 79.9. The van der Waals surface area contributed by atoms with Crippen molar-refractivity contribution in [2.45, 2.75) is 12.6 Å². The molecular formula is C7H9BrN2O3. The first kappa shape index (κ1) is 10.2. The maximum atomic E-state index is 11.1. The number of aromatic amines is 1. The van der Waals surface area contributed by atoms with Crippen LogP contribution in [0.3, 0.4) is 0 Å². The molecule has 0 aliphatic carbocycles. The highest BCUT2D eigenvalue weighted by Gasteiger charge is 2.04. The van der Waals surface area contributed by atoms with Crippen LogP contribution in [-0.4, -0.2) is 26.3 Å². The molecule has 1 heterocycles. The van der Waals surface area contributed by atoms with Gasteiger partial charge in [-0.1, -0.05) is 15.9 Å². The Morgan fingerprint density at radius 1 is 1.54 bits per heavy atom. The molecule has 1 unspecified atom stereocenters. The van der Waals surface area contributed by atoms with E-state index in [9.17, 15) is 14.7 Å². The van der Waals surface area contributed by atoms with Crippen molar-refractivity contribution in [1.29, 1.82) is 0 Å². The van der Waals surface area contributed by atoms with Gasteiger partial charge in [0.25, 0.3) is 11.1 Å². The molecule has 0 amide bonds. The fraction of sp³-hybridized carbons (Fsp3) is 0.429. The van der Waals surface area contributed by atoms with E-state index in [0.29, 0.717) is 5.33 Å². The van der Waals surface area contributed by atoms with E-state index in [-0.39, 0.29) is 17.7 Å². The van der Waals surface area contributed by atoms with Crippen LogP contribution in [-0.2, 0) is 6.54 Å². The lowest BCUT2D eigenvalue weighted by atomic mass is 10.4. The van der Waals surface area contributed by atoms with Gasteiger partial charge in [0, 0.05) is 17.5 Å². The molecule has 0 saturated carbocycles. The molecule has 1 aromatic heterocycles. The molecule has 6 heteroatoms. The minimum absolute atomic E-state index is 0.0835. The number of rotatable bonds is 3. The van der Waals surface area contributed by atoms with Crippen molar-refractivity contribution >= 4 is 15.9 Å². The van der Waals surface area contributed by atoms with Crippen molar-refractivity contribution in [2.75, 3.05) is 5.33 Å². The van der Waals surface area contributed by atoms with Crippen LogP contribution in [0.1, 0.15) is 0 Å². The number of alkyl halides is 1. The lowest BCUT2D eigenvalue weighted by Gasteiger charge is -2.08.